The molecule has 0 amide bonds. The summed E-state index contributed by atoms with van der Waals surface area (Å²) in [7, 11) is 0. The lowest BCUT2D eigenvalue weighted by molar-refractivity contribution is 0.590. The van der Waals surface area contributed by atoms with E-state index in [4.69, 9.17) is 4.98 Å². The third-order valence-electron chi connectivity index (χ3n) is 6.94. The summed E-state index contributed by atoms with van der Waals surface area (Å²) in [5, 5.41) is 0.590. The Morgan fingerprint density at radius 2 is 1.41 bits per heavy atom. The van der Waals surface area contributed by atoms with Gasteiger partial charge in [-0.2, -0.15) is 0 Å². The molecule has 4 aromatic carbocycles. The number of hydrogen-bond donors (Lipinski definition) is 0. The summed E-state index contributed by atoms with van der Waals surface area (Å²) in [6.45, 7) is 10.7. The van der Waals surface area contributed by atoms with Gasteiger partial charge in [-0.1, -0.05) is 87.2 Å². The zero-order chi connectivity index (χ0) is 27.6. The van der Waals surface area contributed by atoms with E-state index in [0.717, 1.165) is 33.5 Å². The standard InChI is InChI=1S/C36H32N2O/c1-25-10-6-7-11-29(25)19-23-34-37-32-13-9-8-12-31(32)35(39)38(34)33-22-18-28(24-26(33)2)15-14-27-16-20-30(21-17-27)36(3,4)5/h6-13,16-24H,1-5H3. The Labute approximate surface area is 230 Å². The minimum absolute atomic E-state index is 0.0918. The normalized spacial score (nSPS) is 11.5. The van der Waals surface area contributed by atoms with Gasteiger partial charge in [0.25, 0.3) is 5.56 Å². The zero-order valence-corrected chi connectivity index (χ0v) is 23.1. The van der Waals surface area contributed by atoms with Crippen LogP contribution in [0.5, 0.6) is 0 Å². The number of aryl methyl sites for hydroxylation is 2. The number of nitrogens with zero attached hydrogens (tertiary/aromatic N) is 2. The molecular formula is C36H32N2O. The zero-order valence-electron chi connectivity index (χ0n) is 23.1. The predicted octanol–water partition coefficient (Wildman–Crippen LogP) is 7.87. The largest absolute Gasteiger partial charge is 0.268 e. The molecule has 0 aliphatic heterocycles. The SMILES string of the molecule is Cc1ccccc1C=Cc1nc2ccccc2c(=O)n1-c1ccc(C#Cc2ccc(C(C)(C)C)cc2)cc1C. The Morgan fingerprint density at radius 3 is 2.13 bits per heavy atom. The van der Waals surface area contributed by atoms with Crippen molar-refractivity contribution >= 4 is 23.1 Å². The van der Waals surface area contributed by atoms with Crippen LogP contribution >= 0.6 is 0 Å². The number of benzene rings is 4. The fourth-order valence-corrected chi connectivity index (χ4v) is 4.61. The van der Waals surface area contributed by atoms with Gasteiger partial charge in [0.1, 0.15) is 5.82 Å². The minimum Gasteiger partial charge on any atom is -0.268 e. The van der Waals surface area contributed by atoms with E-state index < -0.39 is 0 Å². The molecule has 0 aliphatic rings. The third kappa shape index (κ3) is 5.61. The molecule has 0 unspecified atom stereocenters. The van der Waals surface area contributed by atoms with Crippen LogP contribution in [0.25, 0.3) is 28.7 Å². The Hall–Kier alpha value is -4.68. The van der Waals surface area contributed by atoms with E-state index in [1.165, 1.54) is 5.56 Å². The second kappa shape index (κ2) is 10.6. The Kier molecular flexibility index (Phi) is 7.05. The molecule has 0 spiro atoms. The van der Waals surface area contributed by atoms with Crippen molar-refractivity contribution in [2.75, 3.05) is 0 Å². The first kappa shape index (κ1) is 25.9. The smallest absolute Gasteiger partial charge is 0.266 e. The van der Waals surface area contributed by atoms with Gasteiger partial charge >= 0.3 is 0 Å². The summed E-state index contributed by atoms with van der Waals surface area (Å²) >= 11 is 0. The Morgan fingerprint density at radius 1 is 0.744 bits per heavy atom. The van der Waals surface area contributed by atoms with Crippen molar-refractivity contribution in [3.8, 4) is 17.5 Å². The predicted molar refractivity (Wildman–Crippen MR) is 163 cm³/mol. The fraction of sp³-hybridized carbons (Fsp3) is 0.167. The highest BCUT2D eigenvalue weighted by atomic mass is 16.1. The first-order chi connectivity index (χ1) is 18.7. The molecule has 3 nitrogen and oxygen atoms in total. The molecule has 0 saturated carbocycles. The number of fused-ring (bicyclic) bond motifs is 1. The van der Waals surface area contributed by atoms with E-state index >= 15 is 0 Å². The van der Waals surface area contributed by atoms with E-state index in [0.29, 0.717) is 16.7 Å². The molecule has 0 saturated heterocycles. The molecule has 1 heterocycles. The molecule has 0 aliphatic carbocycles. The van der Waals surface area contributed by atoms with Crippen molar-refractivity contribution in [3.05, 3.63) is 141 Å². The first-order valence-corrected chi connectivity index (χ1v) is 13.2. The molecule has 5 rings (SSSR count). The third-order valence-corrected chi connectivity index (χ3v) is 6.94. The van der Waals surface area contributed by atoms with E-state index in [1.54, 1.807) is 4.57 Å². The lowest BCUT2D eigenvalue weighted by atomic mass is 9.87. The van der Waals surface area contributed by atoms with Crippen LogP contribution in [-0.4, -0.2) is 9.55 Å². The van der Waals surface area contributed by atoms with Crippen LogP contribution in [0.1, 0.15) is 60.0 Å². The van der Waals surface area contributed by atoms with Gasteiger partial charge in [-0.15, -0.1) is 0 Å². The highest BCUT2D eigenvalue weighted by Gasteiger charge is 2.14. The topological polar surface area (TPSA) is 34.9 Å². The molecule has 0 bridgehead atoms. The number of aromatic nitrogens is 2. The van der Waals surface area contributed by atoms with Crippen molar-refractivity contribution in [3.63, 3.8) is 0 Å². The van der Waals surface area contributed by atoms with Gasteiger partial charge in [-0.05, 0) is 90.1 Å². The van der Waals surface area contributed by atoms with Gasteiger partial charge in [-0.25, -0.2) is 4.98 Å². The molecule has 5 aromatic rings. The van der Waals surface area contributed by atoms with Crippen LogP contribution in [0.3, 0.4) is 0 Å². The number of hydrogen-bond acceptors (Lipinski definition) is 2. The maximum Gasteiger partial charge on any atom is 0.266 e. The van der Waals surface area contributed by atoms with E-state index in [2.05, 4.69) is 75.9 Å². The van der Waals surface area contributed by atoms with Crippen molar-refractivity contribution in [2.24, 2.45) is 0 Å². The molecule has 192 valence electrons. The Bertz CT molecular complexity index is 1820. The van der Waals surface area contributed by atoms with Gasteiger partial charge in [0.05, 0.1) is 16.6 Å². The summed E-state index contributed by atoms with van der Waals surface area (Å²) in [5.74, 6) is 7.14. The lowest BCUT2D eigenvalue weighted by Gasteiger charge is -2.18. The molecule has 0 N–H and O–H groups in total. The number of rotatable bonds is 3. The second-order valence-electron chi connectivity index (χ2n) is 10.9. The average molecular weight is 509 g/mol. The molecular weight excluding hydrogens is 476 g/mol. The summed E-state index contributed by atoms with van der Waals surface area (Å²) in [4.78, 5) is 18.6. The average Bonchev–Trinajstić information content (AvgIpc) is 2.92. The highest BCUT2D eigenvalue weighted by Crippen LogP contribution is 2.23. The molecule has 0 fully saturated rings. The number of para-hydroxylation sites is 1. The second-order valence-corrected chi connectivity index (χ2v) is 10.9. The van der Waals surface area contributed by atoms with E-state index in [-0.39, 0.29) is 11.0 Å². The van der Waals surface area contributed by atoms with Crippen molar-refractivity contribution in [1.29, 1.82) is 0 Å². The van der Waals surface area contributed by atoms with Crippen molar-refractivity contribution in [2.45, 2.75) is 40.0 Å². The van der Waals surface area contributed by atoms with Gasteiger partial charge in [-0.3, -0.25) is 9.36 Å². The minimum atomic E-state index is -0.0918. The summed E-state index contributed by atoms with van der Waals surface area (Å²) in [5.41, 5.74) is 7.86. The maximum absolute atomic E-state index is 13.7. The van der Waals surface area contributed by atoms with Crippen LogP contribution in [0.15, 0.2) is 95.8 Å². The van der Waals surface area contributed by atoms with Crippen molar-refractivity contribution in [1.82, 2.24) is 9.55 Å². The van der Waals surface area contributed by atoms with Crippen LogP contribution in [0, 0.1) is 25.7 Å². The molecule has 3 heteroatoms. The van der Waals surface area contributed by atoms with Gasteiger partial charge in [0.2, 0.25) is 0 Å². The van der Waals surface area contributed by atoms with Crippen LogP contribution in [-0.2, 0) is 5.41 Å². The van der Waals surface area contributed by atoms with E-state index in [9.17, 15) is 4.79 Å². The molecule has 39 heavy (non-hydrogen) atoms. The molecule has 0 radical (unpaired) electrons. The van der Waals surface area contributed by atoms with Gasteiger partial charge < -0.3 is 0 Å². The van der Waals surface area contributed by atoms with Crippen molar-refractivity contribution < 1.29 is 0 Å². The van der Waals surface area contributed by atoms with E-state index in [1.807, 2.05) is 73.7 Å². The van der Waals surface area contributed by atoms with Crippen LogP contribution in [0.2, 0.25) is 0 Å². The fourth-order valence-electron chi connectivity index (χ4n) is 4.61. The highest BCUT2D eigenvalue weighted by molar-refractivity contribution is 5.80. The quantitative estimate of drug-likeness (QED) is 0.232. The molecule has 0 atom stereocenters. The monoisotopic (exact) mass is 508 g/mol. The summed E-state index contributed by atoms with van der Waals surface area (Å²) in [6.07, 6.45) is 3.94. The maximum atomic E-state index is 13.7. The summed E-state index contributed by atoms with van der Waals surface area (Å²) in [6, 6.07) is 30.0. The van der Waals surface area contributed by atoms with Gasteiger partial charge in [0, 0.05) is 11.1 Å². The Balaban J connectivity index is 1.55. The summed E-state index contributed by atoms with van der Waals surface area (Å²) < 4.78 is 1.70. The van der Waals surface area contributed by atoms with Crippen LogP contribution < -0.4 is 5.56 Å². The first-order valence-electron chi connectivity index (χ1n) is 13.2. The molecule has 1 aromatic heterocycles. The van der Waals surface area contributed by atoms with Gasteiger partial charge in [0.15, 0.2) is 0 Å². The van der Waals surface area contributed by atoms with Crippen LogP contribution in [0.4, 0.5) is 0 Å². The lowest BCUT2D eigenvalue weighted by Crippen LogP contribution is -2.23.